The maximum atomic E-state index is 5.87. The quantitative estimate of drug-likeness (QED) is 0.888. The van der Waals surface area contributed by atoms with Crippen LogP contribution in [0, 0.1) is 5.92 Å². The van der Waals surface area contributed by atoms with E-state index in [0.717, 1.165) is 18.7 Å². The van der Waals surface area contributed by atoms with Gasteiger partial charge in [-0.15, -0.1) is 11.3 Å². The van der Waals surface area contributed by atoms with Crippen LogP contribution in [-0.4, -0.2) is 23.9 Å². The molecule has 0 spiro atoms. The molecule has 1 aliphatic rings. The molecule has 0 aromatic carbocycles. The standard InChI is InChI=1S/C14H22N4S/c1-9(6-7-12-5-4-8-19-12)13-16-10(2)11(3)17-14(15)18-13/h4-5,8-11H,6-7H2,1-3H3,(H3,15,16,17,18). The molecule has 3 N–H and O–H groups in total. The van der Waals surface area contributed by atoms with Crippen molar-refractivity contribution in [1.82, 2.24) is 5.32 Å². The molecule has 0 bridgehead atoms. The van der Waals surface area contributed by atoms with Crippen molar-refractivity contribution in [2.24, 2.45) is 21.6 Å². The van der Waals surface area contributed by atoms with Gasteiger partial charge >= 0.3 is 0 Å². The molecule has 2 heterocycles. The van der Waals surface area contributed by atoms with E-state index < -0.39 is 0 Å². The fourth-order valence-corrected chi connectivity index (χ4v) is 2.78. The number of hydrogen-bond acceptors (Lipinski definition) is 5. The zero-order valence-corrected chi connectivity index (χ0v) is 12.6. The van der Waals surface area contributed by atoms with E-state index in [2.05, 4.69) is 41.7 Å². The van der Waals surface area contributed by atoms with Crippen LogP contribution < -0.4 is 11.1 Å². The van der Waals surface area contributed by atoms with Crippen molar-refractivity contribution >= 4 is 23.1 Å². The summed E-state index contributed by atoms with van der Waals surface area (Å²) in [6, 6.07) is 4.59. The third-order valence-corrected chi connectivity index (χ3v) is 4.45. The van der Waals surface area contributed by atoms with E-state index in [4.69, 9.17) is 10.7 Å². The Hall–Kier alpha value is -1.36. The molecular weight excluding hydrogens is 256 g/mol. The molecular formula is C14H22N4S. The van der Waals surface area contributed by atoms with Gasteiger partial charge in [0.2, 0.25) is 0 Å². The van der Waals surface area contributed by atoms with Gasteiger partial charge in [-0.1, -0.05) is 13.0 Å². The molecule has 0 amide bonds. The van der Waals surface area contributed by atoms with Gasteiger partial charge < -0.3 is 11.1 Å². The fraction of sp³-hybridized carbons (Fsp3) is 0.571. The Morgan fingerprint density at radius 3 is 2.79 bits per heavy atom. The van der Waals surface area contributed by atoms with Crippen LogP contribution in [0.1, 0.15) is 32.1 Å². The molecule has 19 heavy (non-hydrogen) atoms. The summed E-state index contributed by atoms with van der Waals surface area (Å²) in [6.07, 6.45) is 2.15. The van der Waals surface area contributed by atoms with Gasteiger partial charge in [-0.3, -0.25) is 4.99 Å². The molecule has 4 nitrogen and oxygen atoms in total. The van der Waals surface area contributed by atoms with Crippen molar-refractivity contribution in [2.45, 2.75) is 45.7 Å². The zero-order chi connectivity index (χ0) is 13.8. The molecule has 0 radical (unpaired) electrons. The van der Waals surface area contributed by atoms with E-state index in [-0.39, 0.29) is 12.1 Å². The summed E-state index contributed by atoms with van der Waals surface area (Å²) in [5.74, 6) is 1.82. The van der Waals surface area contributed by atoms with Gasteiger partial charge in [0.25, 0.3) is 0 Å². The second-order valence-corrected chi connectivity index (χ2v) is 6.19. The first-order valence-corrected chi connectivity index (χ1v) is 7.64. The number of aliphatic imine (C=N–C) groups is 2. The van der Waals surface area contributed by atoms with E-state index in [1.54, 1.807) is 0 Å². The zero-order valence-electron chi connectivity index (χ0n) is 11.8. The molecule has 1 aromatic heterocycles. The predicted molar refractivity (Wildman–Crippen MR) is 82.9 cm³/mol. The first-order valence-electron chi connectivity index (χ1n) is 6.76. The minimum atomic E-state index is 0.134. The van der Waals surface area contributed by atoms with Crippen molar-refractivity contribution in [1.29, 1.82) is 0 Å². The van der Waals surface area contributed by atoms with Crippen LogP contribution in [0.4, 0.5) is 0 Å². The number of nitrogens with two attached hydrogens (primary N) is 1. The number of nitrogens with zero attached hydrogens (tertiary/aromatic N) is 2. The van der Waals surface area contributed by atoms with E-state index in [1.165, 1.54) is 4.88 Å². The van der Waals surface area contributed by atoms with Gasteiger partial charge in [0.15, 0.2) is 5.96 Å². The summed E-state index contributed by atoms with van der Waals surface area (Å²) in [4.78, 5) is 10.5. The molecule has 3 atom stereocenters. The number of aryl methyl sites for hydroxylation is 1. The van der Waals surface area contributed by atoms with Crippen LogP contribution >= 0.6 is 11.3 Å². The molecule has 1 aromatic rings. The van der Waals surface area contributed by atoms with Crippen molar-refractivity contribution in [3.63, 3.8) is 0 Å². The highest BCUT2D eigenvalue weighted by molar-refractivity contribution is 7.09. The highest BCUT2D eigenvalue weighted by atomic mass is 32.1. The average molecular weight is 278 g/mol. The lowest BCUT2D eigenvalue weighted by Crippen LogP contribution is -2.39. The summed E-state index contributed by atoms with van der Waals surface area (Å²) in [7, 11) is 0. The highest BCUT2D eigenvalue weighted by Crippen LogP contribution is 2.16. The van der Waals surface area contributed by atoms with Crippen molar-refractivity contribution in [2.75, 3.05) is 0 Å². The Balaban J connectivity index is 1.99. The minimum Gasteiger partial charge on any atom is -0.370 e. The molecule has 0 saturated heterocycles. The second-order valence-electron chi connectivity index (χ2n) is 5.15. The summed E-state index contributed by atoms with van der Waals surface area (Å²) in [6.45, 7) is 6.32. The number of guanidine groups is 1. The summed E-state index contributed by atoms with van der Waals surface area (Å²) < 4.78 is 0. The monoisotopic (exact) mass is 278 g/mol. The summed E-state index contributed by atoms with van der Waals surface area (Å²) >= 11 is 1.81. The Morgan fingerprint density at radius 1 is 1.37 bits per heavy atom. The third kappa shape index (κ3) is 3.80. The fourth-order valence-electron chi connectivity index (χ4n) is 2.05. The third-order valence-electron chi connectivity index (χ3n) is 3.51. The molecule has 2 rings (SSSR count). The molecule has 1 aliphatic heterocycles. The van der Waals surface area contributed by atoms with Crippen LogP contribution in [0.3, 0.4) is 0 Å². The van der Waals surface area contributed by atoms with Crippen LogP contribution in [0.15, 0.2) is 27.5 Å². The van der Waals surface area contributed by atoms with E-state index >= 15 is 0 Å². The lowest BCUT2D eigenvalue weighted by Gasteiger charge is -2.16. The maximum Gasteiger partial charge on any atom is 0.194 e. The van der Waals surface area contributed by atoms with Crippen molar-refractivity contribution in [3.8, 4) is 0 Å². The first-order chi connectivity index (χ1) is 9.06. The minimum absolute atomic E-state index is 0.134. The van der Waals surface area contributed by atoms with Crippen LogP contribution in [0.2, 0.25) is 0 Å². The van der Waals surface area contributed by atoms with Gasteiger partial charge in [-0.25, -0.2) is 4.99 Å². The van der Waals surface area contributed by atoms with Gasteiger partial charge in [0.1, 0.15) is 5.84 Å². The Morgan fingerprint density at radius 2 is 2.11 bits per heavy atom. The molecule has 0 saturated carbocycles. The van der Waals surface area contributed by atoms with Gasteiger partial charge in [0, 0.05) is 10.8 Å². The SMILES string of the molecule is CC(CCc1cccs1)C1=NC(C)C(C)N=C(N)N1. The second kappa shape index (κ2) is 6.19. The van der Waals surface area contributed by atoms with Gasteiger partial charge in [-0.2, -0.15) is 0 Å². The van der Waals surface area contributed by atoms with E-state index in [9.17, 15) is 0 Å². The lowest BCUT2D eigenvalue weighted by molar-refractivity contribution is 0.600. The Bertz CT molecular complexity index is 464. The Labute approximate surface area is 118 Å². The highest BCUT2D eigenvalue weighted by Gasteiger charge is 2.20. The van der Waals surface area contributed by atoms with Gasteiger partial charge in [-0.05, 0) is 38.1 Å². The first kappa shape index (κ1) is 14.1. The molecule has 3 unspecified atom stereocenters. The average Bonchev–Trinajstić information content (AvgIpc) is 2.83. The molecule has 5 heteroatoms. The number of nitrogens with one attached hydrogen (secondary N) is 1. The number of amidine groups is 1. The lowest BCUT2D eigenvalue weighted by atomic mass is 10.0. The van der Waals surface area contributed by atoms with Crippen LogP contribution in [-0.2, 0) is 6.42 Å². The topological polar surface area (TPSA) is 62.8 Å². The molecule has 104 valence electrons. The van der Waals surface area contributed by atoms with Gasteiger partial charge in [0.05, 0.1) is 12.1 Å². The maximum absolute atomic E-state index is 5.87. The normalized spacial score (nSPS) is 25.0. The number of rotatable bonds is 4. The molecule has 0 aliphatic carbocycles. The van der Waals surface area contributed by atoms with E-state index in [0.29, 0.717) is 11.9 Å². The van der Waals surface area contributed by atoms with Crippen LogP contribution in [0.5, 0.6) is 0 Å². The van der Waals surface area contributed by atoms with Crippen molar-refractivity contribution < 1.29 is 0 Å². The smallest absolute Gasteiger partial charge is 0.194 e. The van der Waals surface area contributed by atoms with Crippen LogP contribution in [0.25, 0.3) is 0 Å². The largest absolute Gasteiger partial charge is 0.370 e. The summed E-state index contributed by atoms with van der Waals surface area (Å²) in [5, 5.41) is 5.27. The predicted octanol–water partition coefficient (Wildman–Crippen LogP) is 2.41. The summed E-state index contributed by atoms with van der Waals surface area (Å²) in [5.41, 5.74) is 5.87. The number of hydrogen-bond donors (Lipinski definition) is 2. The van der Waals surface area contributed by atoms with E-state index in [1.807, 2.05) is 18.3 Å². The number of thiophene rings is 1. The Kier molecular flexibility index (Phi) is 4.58. The molecule has 0 fully saturated rings. The van der Waals surface area contributed by atoms with Crippen molar-refractivity contribution in [3.05, 3.63) is 22.4 Å².